The summed E-state index contributed by atoms with van der Waals surface area (Å²) < 4.78 is 4.80. The second-order valence-corrected chi connectivity index (χ2v) is 6.81. The standard InChI is InChI=1S/C18H20N4O3S/c1-19-16-13-7-9-22(18(24)25-2)11-14(13)26-17(16)21-15(23)6-5-12-4-3-8-20-10-12/h3-6,8,10,19H,7,9,11H2,1-2H3,(H,21,23)/b6-5+. The summed E-state index contributed by atoms with van der Waals surface area (Å²) in [4.78, 5) is 30.7. The maximum Gasteiger partial charge on any atom is 0.409 e. The molecular weight excluding hydrogens is 352 g/mol. The molecule has 0 fully saturated rings. The van der Waals surface area contributed by atoms with Crippen LogP contribution in [0.2, 0.25) is 0 Å². The highest BCUT2D eigenvalue weighted by atomic mass is 32.1. The van der Waals surface area contributed by atoms with Crippen molar-refractivity contribution >= 4 is 40.1 Å². The molecule has 0 saturated heterocycles. The van der Waals surface area contributed by atoms with Crippen LogP contribution in [0.5, 0.6) is 0 Å². The number of nitrogens with zero attached hydrogens (tertiary/aromatic N) is 2. The van der Waals surface area contributed by atoms with Gasteiger partial charge in [0, 0.05) is 36.9 Å². The summed E-state index contributed by atoms with van der Waals surface area (Å²) in [5, 5.41) is 6.84. The average Bonchev–Trinajstić information content (AvgIpc) is 3.02. The van der Waals surface area contributed by atoms with Crippen LogP contribution in [0.15, 0.2) is 30.6 Å². The van der Waals surface area contributed by atoms with Crippen molar-refractivity contribution < 1.29 is 14.3 Å². The number of fused-ring (bicyclic) bond motifs is 1. The van der Waals surface area contributed by atoms with Crippen LogP contribution in [0.3, 0.4) is 0 Å². The fourth-order valence-electron chi connectivity index (χ4n) is 2.84. The summed E-state index contributed by atoms with van der Waals surface area (Å²) in [5.74, 6) is -0.214. The normalized spacial score (nSPS) is 13.4. The minimum atomic E-state index is -0.333. The molecule has 8 heteroatoms. The first-order valence-electron chi connectivity index (χ1n) is 8.16. The van der Waals surface area contributed by atoms with E-state index in [-0.39, 0.29) is 12.0 Å². The molecule has 2 amide bonds. The lowest BCUT2D eigenvalue weighted by Crippen LogP contribution is -2.35. The van der Waals surface area contributed by atoms with Crippen LogP contribution in [-0.2, 0) is 22.5 Å². The first-order valence-corrected chi connectivity index (χ1v) is 8.98. The molecule has 0 spiro atoms. The third-order valence-corrected chi connectivity index (χ3v) is 5.22. The summed E-state index contributed by atoms with van der Waals surface area (Å²) in [6, 6.07) is 3.69. The zero-order valence-electron chi connectivity index (χ0n) is 14.6. The molecule has 0 atom stereocenters. The molecule has 0 bridgehead atoms. The number of amides is 2. The number of carbonyl (C=O) groups excluding carboxylic acids is 2. The maximum absolute atomic E-state index is 12.3. The predicted octanol–water partition coefficient (Wildman–Crippen LogP) is 2.96. The van der Waals surface area contributed by atoms with Crippen LogP contribution in [-0.4, -0.2) is 42.6 Å². The Morgan fingerprint density at radius 2 is 2.27 bits per heavy atom. The molecule has 0 aliphatic carbocycles. The molecule has 0 saturated carbocycles. The van der Waals surface area contributed by atoms with E-state index in [4.69, 9.17) is 4.74 Å². The molecule has 2 N–H and O–H groups in total. The van der Waals surface area contributed by atoms with E-state index in [1.807, 2.05) is 19.2 Å². The van der Waals surface area contributed by atoms with E-state index in [0.29, 0.717) is 13.1 Å². The summed E-state index contributed by atoms with van der Waals surface area (Å²) in [7, 11) is 3.21. The molecule has 26 heavy (non-hydrogen) atoms. The molecular formula is C18H20N4O3S. The van der Waals surface area contributed by atoms with Gasteiger partial charge < -0.3 is 20.3 Å². The van der Waals surface area contributed by atoms with Gasteiger partial charge in [-0.2, -0.15) is 0 Å². The van der Waals surface area contributed by atoms with Gasteiger partial charge >= 0.3 is 6.09 Å². The second-order valence-electron chi connectivity index (χ2n) is 5.71. The minimum absolute atomic E-state index is 0.214. The number of nitrogens with one attached hydrogen (secondary N) is 2. The number of hydrogen-bond acceptors (Lipinski definition) is 6. The van der Waals surface area contributed by atoms with Gasteiger partial charge in [-0.3, -0.25) is 9.78 Å². The van der Waals surface area contributed by atoms with Gasteiger partial charge in [-0.1, -0.05) is 6.07 Å². The number of carbonyl (C=O) groups is 2. The number of aromatic nitrogens is 1. The topological polar surface area (TPSA) is 83.6 Å². The molecule has 1 aliphatic rings. The molecule has 3 rings (SSSR count). The number of hydrogen-bond donors (Lipinski definition) is 2. The number of pyridine rings is 1. The van der Waals surface area contributed by atoms with E-state index < -0.39 is 0 Å². The Hall–Kier alpha value is -2.87. The van der Waals surface area contributed by atoms with Crippen molar-refractivity contribution in [3.63, 3.8) is 0 Å². The highest BCUT2D eigenvalue weighted by molar-refractivity contribution is 7.17. The van der Waals surface area contributed by atoms with E-state index in [9.17, 15) is 9.59 Å². The first-order chi connectivity index (χ1) is 12.6. The van der Waals surface area contributed by atoms with Crippen LogP contribution in [0.4, 0.5) is 15.5 Å². The van der Waals surface area contributed by atoms with E-state index in [1.54, 1.807) is 23.4 Å². The summed E-state index contributed by atoms with van der Waals surface area (Å²) >= 11 is 1.48. The van der Waals surface area contributed by atoms with Crippen LogP contribution in [0.1, 0.15) is 16.0 Å². The SMILES string of the molecule is CNc1c(NC(=O)/C=C/c2cccnc2)sc2c1CCN(C(=O)OC)C2. The molecule has 1 aliphatic heterocycles. The Bertz CT molecular complexity index is 832. The van der Waals surface area contributed by atoms with E-state index in [2.05, 4.69) is 15.6 Å². The third-order valence-electron chi connectivity index (χ3n) is 4.09. The Balaban J connectivity index is 1.74. The van der Waals surface area contributed by atoms with E-state index in [0.717, 1.165) is 33.1 Å². The van der Waals surface area contributed by atoms with Crippen molar-refractivity contribution in [1.29, 1.82) is 0 Å². The zero-order chi connectivity index (χ0) is 18.5. The van der Waals surface area contributed by atoms with Gasteiger partial charge in [0.05, 0.1) is 19.3 Å². The fraction of sp³-hybridized carbons (Fsp3) is 0.278. The summed E-state index contributed by atoms with van der Waals surface area (Å²) in [6.45, 7) is 1.09. The predicted molar refractivity (Wildman–Crippen MR) is 102 cm³/mol. The molecule has 0 unspecified atom stereocenters. The molecule has 0 radical (unpaired) electrons. The van der Waals surface area contributed by atoms with Crippen molar-refractivity contribution in [2.24, 2.45) is 0 Å². The Morgan fingerprint density at radius 3 is 2.96 bits per heavy atom. The smallest absolute Gasteiger partial charge is 0.409 e. The van der Waals surface area contributed by atoms with Gasteiger partial charge in [-0.05, 0) is 29.7 Å². The lowest BCUT2D eigenvalue weighted by molar-refractivity contribution is -0.111. The Morgan fingerprint density at radius 1 is 1.42 bits per heavy atom. The highest BCUT2D eigenvalue weighted by Crippen LogP contribution is 2.41. The van der Waals surface area contributed by atoms with Gasteiger partial charge in [0.1, 0.15) is 5.00 Å². The van der Waals surface area contributed by atoms with E-state index in [1.165, 1.54) is 24.5 Å². The third kappa shape index (κ3) is 3.85. The van der Waals surface area contributed by atoms with Gasteiger partial charge in [0.25, 0.3) is 0 Å². The Kier molecular flexibility index (Phi) is 5.52. The van der Waals surface area contributed by atoms with Gasteiger partial charge in [-0.25, -0.2) is 4.79 Å². The van der Waals surface area contributed by atoms with Crippen LogP contribution >= 0.6 is 11.3 Å². The number of rotatable bonds is 4. The van der Waals surface area contributed by atoms with E-state index >= 15 is 0 Å². The quantitative estimate of drug-likeness (QED) is 0.806. The molecule has 7 nitrogen and oxygen atoms in total. The minimum Gasteiger partial charge on any atom is -0.453 e. The first kappa shape index (κ1) is 17.9. The number of ether oxygens (including phenoxy) is 1. The lowest BCUT2D eigenvalue weighted by Gasteiger charge is -2.25. The van der Waals surface area contributed by atoms with Crippen molar-refractivity contribution in [3.8, 4) is 0 Å². The van der Waals surface area contributed by atoms with Crippen molar-refractivity contribution in [1.82, 2.24) is 9.88 Å². The maximum atomic E-state index is 12.3. The van der Waals surface area contributed by atoms with Gasteiger partial charge in [0.15, 0.2) is 0 Å². The zero-order valence-corrected chi connectivity index (χ0v) is 15.4. The number of anilines is 2. The molecule has 136 valence electrons. The van der Waals surface area contributed by atoms with Gasteiger partial charge in [0.2, 0.25) is 5.91 Å². The average molecular weight is 372 g/mol. The van der Waals surface area contributed by atoms with Crippen LogP contribution < -0.4 is 10.6 Å². The monoisotopic (exact) mass is 372 g/mol. The summed E-state index contributed by atoms with van der Waals surface area (Å²) in [6.07, 6.45) is 6.96. The van der Waals surface area contributed by atoms with Crippen LogP contribution in [0, 0.1) is 0 Å². The lowest BCUT2D eigenvalue weighted by atomic mass is 10.1. The summed E-state index contributed by atoms with van der Waals surface area (Å²) in [5.41, 5.74) is 2.91. The molecule has 0 aromatic carbocycles. The van der Waals surface area contributed by atoms with Crippen molar-refractivity contribution in [3.05, 3.63) is 46.6 Å². The van der Waals surface area contributed by atoms with Crippen LogP contribution in [0.25, 0.3) is 6.08 Å². The fourth-order valence-corrected chi connectivity index (χ4v) is 4.11. The Labute approximate surface area is 155 Å². The highest BCUT2D eigenvalue weighted by Gasteiger charge is 2.27. The second kappa shape index (κ2) is 8.01. The number of methoxy groups -OCH3 is 1. The van der Waals surface area contributed by atoms with Crippen molar-refractivity contribution in [2.75, 3.05) is 31.3 Å². The number of thiophene rings is 1. The molecule has 3 heterocycles. The molecule has 2 aromatic rings. The molecule has 2 aromatic heterocycles. The largest absolute Gasteiger partial charge is 0.453 e. The van der Waals surface area contributed by atoms with Crippen molar-refractivity contribution in [2.45, 2.75) is 13.0 Å². The van der Waals surface area contributed by atoms with Gasteiger partial charge in [-0.15, -0.1) is 11.3 Å².